The maximum absolute atomic E-state index is 12.0. The van der Waals surface area contributed by atoms with Crippen LogP contribution in [0.5, 0.6) is 11.5 Å². The number of carbonyl (C=O) groups excluding carboxylic acids is 1. The van der Waals surface area contributed by atoms with E-state index in [2.05, 4.69) is 5.32 Å². The topological polar surface area (TPSA) is 56.8 Å². The number of nitrogens with one attached hydrogen (secondary N) is 1. The van der Waals surface area contributed by atoms with E-state index < -0.39 is 6.09 Å². The zero-order valence-electron chi connectivity index (χ0n) is 17.1. The number of benzene rings is 3. The van der Waals surface area contributed by atoms with E-state index in [4.69, 9.17) is 14.2 Å². The van der Waals surface area contributed by atoms with Gasteiger partial charge in [0.05, 0.1) is 19.4 Å². The summed E-state index contributed by atoms with van der Waals surface area (Å²) in [5, 5.41) is 2.82. The van der Waals surface area contributed by atoms with Crippen LogP contribution in [0.2, 0.25) is 0 Å². The monoisotopic (exact) mass is 403 g/mol. The van der Waals surface area contributed by atoms with Crippen LogP contribution in [0.1, 0.15) is 23.6 Å². The summed E-state index contributed by atoms with van der Waals surface area (Å²) in [5.74, 6) is 1.52. The summed E-state index contributed by atoms with van der Waals surface area (Å²) in [6.07, 6.45) is 1.39. The van der Waals surface area contributed by atoms with Crippen LogP contribution in [0.15, 0.2) is 78.9 Å². The van der Waals surface area contributed by atoms with Gasteiger partial charge in [-0.2, -0.15) is 0 Å². The minimum absolute atomic E-state index is 0.300. The molecular weight excluding hydrogens is 378 g/mol. The van der Waals surface area contributed by atoms with Crippen molar-refractivity contribution in [2.45, 2.75) is 13.5 Å². The second-order valence-corrected chi connectivity index (χ2v) is 6.48. The average Bonchev–Trinajstić information content (AvgIpc) is 2.79. The minimum Gasteiger partial charge on any atom is -0.497 e. The molecule has 0 fully saturated rings. The van der Waals surface area contributed by atoms with Gasteiger partial charge in [0, 0.05) is 0 Å². The molecule has 0 aliphatic heterocycles. The lowest BCUT2D eigenvalue weighted by Crippen LogP contribution is -2.22. The van der Waals surface area contributed by atoms with E-state index in [9.17, 15) is 4.79 Å². The smallest absolute Gasteiger partial charge is 0.411 e. The van der Waals surface area contributed by atoms with E-state index >= 15 is 0 Å². The minimum atomic E-state index is -0.498. The van der Waals surface area contributed by atoms with Crippen LogP contribution in [0.25, 0.3) is 11.8 Å². The molecule has 0 aromatic heterocycles. The van der Waals surface area contributed by atoms with Crippen molar-refractivity contribution in [1.82, 2.24) is 5.32 Å². The van der Waals surface area contributed by atoms with Crippen molar-refractivity contribution in [3.8, 4) is 11.5 Å². The fourth-order valence-electron chi connectivity index (χ4n) is 2.81. The summed E-state index contributed by atoms with van der Waals surface area (Å²) in [6.45, 7) is 2.56. The maximum atomic E-state index is 12.0. The summed E-state index contributed by atoms with van der Waals surface area (Å²) in [6, 6.07) is 25.1. The highest BCUT2D eigenvalue weighted by molar-refractivity contribution is 5.89. The third-order valence-corrected chi connectivity index (χ3v) is 4.35. The Bertz CT molecular complexity index is 964. The largest absolute Gasteiger partial charge is 0.497 e. The van der Waals surface area contributed by atoms with Crippen molar-refractivity contribution in [3.05, 3.63) is 95.6 Å². The number of ether oxygens (including phenoxy) is 3. The molecule has 0 bridgehead atoms. The van der Waals surface area contributed by atoms with E-state index in [1.54, 1.807) is 14.0 Å². The van der Waals surface area contributed by atoms with E-state index in [0.29, 0.717) is 18.9 Å². The lowest BCUT2D eigenvalue weighted by atomic mass is 10.1. The first-order chi connectivity index (χ1) is 14.7. The molecule has 0 aliphatic carbocycles. The normalized spacial score (nSPS) is 10.9. The van der Waals surface area contributed by atoms with Crippen LogP contribution in [0.3, 0.4) is 0 Å². The molecule has 0 aliphatic rings. The molecule has 30 heavy (non-hydrogen) atoms. The number of alkyl carbamates (subject to hydrolysis) is 1. The van der Waals surface area contributed by atoms with Crippen LogP contribution < -0.4 is 14.8 Å². The Morgan fingerprint density at radius 1 is 0.900 bits per heavy atom. The van der Waals surface area contributed by atoms with Crippen molar-refractivity contribution in [2.75, 3.05) is 13.7 Å². The fourth-order valence-corrected chi connectivity index (χ4v) is 2.81. The second-order valence-electron chi connectivity index (χ2n) is 6.48. The molecule has 0 heterocycles. The molecule has 154 valence electrons. The molecule has 3 aromatic rings. The first kappa shape index (κ1) is 21.0. The molecule has 5 heteroatoms. The Balaban J connectivity index is 1.77. The van der Waals surface area contributed by atoms with E-state index in [1.807, 2.05) is 84.9 Å². The second kappa shape index (κ2) is 10.7. The zero-order chi connectivity index (χ0) is 21.2. The van der Waals surface area contributed by atoms with Gasteiger partial charge >= 0.3 is 6.09 Å². The number of methoxy groups -OCH3 is 1. The fraction of sp³-hybridized carbons (Fsp3) is 0.160. The van der Waals surface area contributed by atoms with Crippen molar-refractivity contribution in [1.29, 1.82) is 0 Å². The number of rotatable bonds is 8. The predicted octanol–water partition coefficient (Wildman–Crippen LogP) is 5.52. The molecule has 0 saturated heterocycles. The number of amides is 1. The lowest BCUT2D eigenvalue weighted by Gasteiger charge is -2.12. The van der Waals surface area contributed by atoms with Gasteiger partial charge in [0.1, 0.15) is 18.1 Å². The highest BCUT2D eigenvalue weighted by Crippen LogP contribution is 2.22. The van der Waals surface area contributed by atoms with Crippen molar-refractivity contribution < 1.29 is 19.0 Å². The number of carbonyl (C=O) groups is 1. The van der Waals surface area contributed by atoms with Gasteiger partial charge in [-0.1, -0.05) is 42.5 Å². The molecule has 1 amide bonds. The lowest BCUT2D eigenvalue weighted by molar-refractivity contribution is 0.157. The van der Waals surface area contributed by atoms with Crippen molar-refractivity contribution >= 4 is 17.9 Å². The van der Waals surface area contributed by atoms with Crippen LogP contribution >= 0.6 is 0 Å². The molecule has 0 saturated carbocycles. The molecule has 1 N–H and O–H groups in total. The van der Waals surface area contributed by atoms with E-state index in [0.717, 1.165) is 28.2 Å². The SMILES string of the molecule is CCOC(=O)NC(=Cc1ccc(OC)cc1)c1ccc(OCc2ccccc2)cc1. The molecule has 0 atom stereocenters. The summed E-state index contributed by atoms with van der Waals surface area (Å²) in [4.78, 5) is 12.0. The van der Waals surface area contributed by atoms with E-state index in [-0.39, 0.29) is 0 Å². The van der Waals surface area contributed by atoms with Gasteiger partial charge in [-0.25, -0.2) is 4.79 Å². The van der Waals surface area contributed by atoms with Gasteiger partial charge in [0.15, 0.2) is 0 Å². The standard InChI is InChI=1S/C25H25NO4/c1-3-29-25(27)26-24(17-19-9-13-22(28-2)14-10-19)21-11-15-23(16-12-21)30-18-20-7-5-4-6-8-20/h4-17H,3,18H2,1-2H3,(H,26,27). The number of hydrogen-bond acceptors (Lipinski definition) is 4. The highest BCUT2D eigenvalue weighted by Gasteiger charge is 2.09. The van der Waals surface area contributed by atoms with Gasteiger partial charge in [0.2, 0.25) is 0 Å². The zero-order valence-corrected chi connectivity index (χ0v) is 17.1. The Morgan fingerprint density at radius 2 is 1.57 bits per heavy atom. The summed E-state index contributed by atoms with van der Waals surface area (Å²) >= 11 is 0. The predicted molar refractivity (Wildman–Crippen MR) is 118 cm³/mol. The maximum Gasteiger partial charge on any atom is 0.411 e. The van der Waals surface area contributed by atoms with Crippen molar-refractivity contribution in [3.63, 3.8) is 0 Å². The Hall–Kier alpha value is -3.73. The van der Waals surface area contributed by atoms with Crippen LogP contribution in [0.4, 0.5) is 4.79 Å². The third-order valence-electron chi connectivity index (χ3n) is 4.35. The Morgan fingerprint density at radius 3 is 2.20 bits per heavy atom. The molecule has 0 spiro atoms. The van der Waals surface area contributed by atoms with Crippen LogP contribution in [0, 0.1) is 0 Å². The van der Waals surface area contributed by atoms with Gasteiger partial charge in [-0.05, 0) is 66.1 Å². The van der Waals surface area contributed by atoms with Gasteiger partial charge < -0.3 is 14.2 Å². The first-order valence-corrected chi connectivity index (χ1v) is 9.74. The summed E-state index contributed by atoms with van der Waals surface area (Å²) in [5.41, 5.74) is 3.50. The summed E-state index contributed by atoms with van der Waals surface area (Å²) < 4.78 is 16.1. The van der Waals surface area contributed by atoms with Gasteiger partial charge in [0.25, 0.3) is 0 Å². The number of hydrogen-bond donors (Lipinski definition) is 1. The van der Waals surface area contributed by atoms with Gasteiger partial charge in [-0.15, -0.1) is 0 Å². The Kier molecular flexibility index (Phi) is 7.50. The van der Waals surface area contributed by atoms with Crippen LogP contribution in [-0.2, 0) is 11.3 Å². The Labute approximate surface area is 176 Å². The van der Waals surface area contributed by atoms with Crippen LogP contribution in [-0.4, -0.2) is 19.8 Å². The third kappa shape index (κ3) is 6.14. The molecule has 0 unspecified atom stereocenters. The first-order valence-electron chi connectivity index (χ1n) is 9.74. The average molecular weight is 403 g/mol. The van der Waals surface area contributed by atoms with Gasteiger partial charge in [-0.3, -0.25) is 5.32 Å². The van der Waals surface area contributed by atoms with E-state index in [1.165, 1.54) is 0 Å². The molecule has 3 aromatic carbocycles. The molecule has 3 rings (SSSR count). The van der Waals surface area contributed by atoms with Crippen molar-refractivity contribution in [2.24, 2.45) is 0 Å². The summed E-state index contributed by atoms with van der Waals surface area (Å²) in [7, 11) is 1.63. The molecule has 0 radical (unpaired) electrons. The quantitative estimate of drug-likeness (QED) is 0.503. The molecule has 5 nitrogen and oxygen atoms in total. The molecular formula is C25H25NO4. The highest BCUT2D eigenvalue weighted by atomic mass is 16.5.